The highest BCUT2D eigenvalue weighted by molar-refractivity contribution is 5.91. The van der Waals surface area contributed by atoms with E-state index in [1.165, 1.54) is 25.3 Å². The zero-order valence-electron chi connectivity index (χ0n) is 12.9. The molecular weight excluding hydrogens is 266 g/mol. The van der Waals surface area contributed by atoms with Gasteiger partial charge in [-0.3, -0.25) is 4.79 Å². The maximum absolute atomic E-state index is 12.0. The fourth-order valence-corrected chi connectivity index (χ4v) is 2.33. The molecule has 4 heteroatoms. The smallest absolute Gasteiger partial charge is 0.335 e. The van der Waals surface area contributed by atoms with Gasteiger partial charge < -0.3 is 10.4 Å². The van der Waals surface area contributed by atoms with Crippen molar-refractivity contribution in [2.45, 2.75) is 58.4 Å². The van der Waals surface area contributed by atoms with Crippen LogP contribution < -0.4 is 5.32 Å². The van der Waals surface area contributed by atoms with Crippen molar-refractivity contribution in [1.29, 1.82) is 0 Å². The SMILES string of the molecule is CCCCCCC(C)NC(=O)Cc1ccccc1C(=O)O. The molecule has 1 rings (SSSR count). The van der Waals surface area contributed by atoms with E-state index in [4.69, 9.17) is 5.11 Å². The minimum absolute atomic E-state index is 0.113. The van der Waals surface area contributed by atoms with Crippen LogP contribution in [0.3, 0.4) is 0 Å². The van der Waals surface area contributed by atoms with Crippen molar-refractivity contribution < 1.29 is 14.7 Å². The fourth-order valence-electron chi connectivity index (χ4n) is 2.33. The van der Waals surface area contributed by atoms with Gasteiger partial charge in [-0.25, -0.2) is 4.79 Å². The first-order valence-corrected chi connectivity index (χ1v) is 7.65. The standard InChI is InChI=1S/C17H25NO3/c1-3-4-5-6-9-13(2)18-16(19)12-14-10-7-8-11-15(14)17(20)21/h7-8,10-11,13H,3-6,9,12H2,1-2H3,(H,18,19)(H,20,21). The number of amides is 1. The monoisotopic (exact) mass is 291 g/mol. The van der Waals surface area contributed by atoms with Crippen molar-refractivity contribution in [2.24, 2.45) is 0 Å². The van der Waals surface area contributed by atoms with E-state index in [1.54, 1.807) is 18.2 Å². The quantitative estimate of drug-likeness (QED) is 0.685. The van der Waals surface area contributed by atoms with E-state index in [2.05, 4.69) is 12.2 Å². The minimum Gasteiger partial charge on any atom is -0.478 e. The van der Waals surface area contributed by atoms with E-state index in [0.29, 0.717) is 5.56 Å². The summed E-state index contributed by atoms with van der Waals surface area (Å²) in [4.78, 5) is 23.1. The molecule has 0 aliphatic rings. The van der Waals surface area contributed by atoms with Crippen LogP contribution >= 0.6 is 0 Å². The van der Waals surface area contributed by atoms with Gasteiger partial charge in [0.15, 0.2) is 0 Å². The summed E-state index contributed by atoms with van der Waals surface area (Å²) < 4.78 is 0. The van der Waals surface area contributed by atoms with E-state index in [0.717, 1.165) is 12.8 Å². The number of benzene rings is 1. The Morgan fingerprint density at radius 3 is 2.57 bits per heavy atom. The van der Waals surface area contributed by atoms with Crippen molar-refractivity contribution in [3.63, 3.8) is 0 Å². The molecule has 4 nitrogen and oxygen atoms in total. The van der Waals surface area contributed by atoms with Gasteiger partial charge in [0, 0.05) is 6.04 Å². The molecule has 0 fully saturated rings. The zero-order chi connectivity index (χ0) is 15.7. The number of unbranched alkanes of at least 4 members (excludes halogenated alkanes) is 3. The summed E-state index contributed by atoms with van der Waals surface area (Å²) in [5, 5.41) is 12.0. The molecule has 0 aliphatic heterocycles. The van der Waals surface area contributed by atoms with Gasteiger partial charge in [0.2, 0.25) is 5.91 Å². The third-order valence-corrected chi connectivity index (χ3v) is 3.50. The molecule has 1 amide bonds. The van der Waals surface area contributed by atoms with Crippen molar-refractivity contribution in [3.8, 4) is 0 Å². The van der Waals surface area contributed by atoms with Crippen molar-refractivity contribution in [3.05, 3.63) is 35.4 Å². The Morgan fingerprint density at radius 1 is 1.19 bits per heavy atom. The molecule has 116 valence electrons. The van der Waals surface area contributed by atoms with Crippen molar-refractivity contribution in [2.75, 3.05) is 0 Å². The maximum atomic E-state index is 12.0. The number of hydrogen-bond acceptors (Lipinski definition) is 2. The number of nitrogens with one attached hydrogen (secondary N) is 1. The predicted octanol–water partition coefficient (Wildman–Crippen LogP) is 3.40. The van der Waals surface area contributed by atoms with Crippen LogP contribution in [0.1, 0.15) is 61.9 Å². The Labute approximate surface area is 126 Å². The first-order chi connectivity index (χ1) is 10.0. The number of carbonyl (C=O) groups is 2. The maximum Gasteiger partial charge on any atom is 0.335 e. The molecule has 0 spiro atoms. The van der Waals surface area contributed by atoms with Gasteiger partial charge in [-0.15, -0.1) is 0 Å². The number of carbonyl (C=O) groups excluding carboxylic acids is 1. The summed E-state index contributed by atoms with van der Waals surface area (Å²) in [7, 11) is 0. The Bertz CT molecular complexity index is 471. The number of rotatable bonds is 9. The molecule has 0 saturated carbocycles. The molecule has 0 saturated heterocycles. The largest absolute Gasteiger partial charge is 0.478 e. The zero-order valence-corrected chi connectivity index (χ0v) is 12.9. The fraction of sp³-hybridized carbons (Fsp3) is 0.529. The van der Waals surface area contributed by atoms with Crippen LogP contribution in [0.4, 0.5) is 0 Å². The molecule has 1 atom stereocenters. The van der Waals surface area contributed by atoms with Crippen LogP contribution in [0.15, 0.2) is 24.3 Å². The van der Waals surface area contributed by atoms with Crippen LogP contribution in [-0.4, -0.2) is 23.0 Å². The third kappa shape index (κ3) is 6.43. The highest BCUT2D eigenvalue weighted by Crippen LogP contribution is 2.10. The molecule has 0 radical (unpaired) electrons. The second-order valence-corrected chi connectivity index (χ2v) is 5.46. The molecule has 0 heterocycles. The van der Waals surface area contributed by atoms with Crippen molar-refractivity contribution >= 4 is 11.9 Å². The Kier molecular flexibility index (Phi) is 7.51. The molecule has 0 aliphatic carbocycles. The lowest BCUT2D eigenvalue weighted by molar-refractivity contribution is -0.121. The van der Waals surface area contributed by atoms with Crippen LogP contribution in [0.2, 0.25) is 0 Å². The van der Waals surface area contributed by atoms with E-state index in [1.807, 2.05) is 6.92 Å². The number of hydrogen-bond donors (Lipinski definition) is 2. The Morgan fingerprint density at radius 2 is 1.90 bits per heavy atom. The highest BCUT2D eigenvalue weighted by Gasteiger charge is 2.13. The minimum atomic E-state index is -0.994. The number of carboxylic acids is 1. The molecule has 1 unspecified atom stereocenters. The lowest BCUT2D eigenvalue weighted by atomic mass is 10.0. The lowest BCUT2D eigenvalue weighted by Gasteiger charge is -2.14. The average molecular weight is 291 g/mol. The first kappa shape index (κ1) is 17.2. The second kappa shape index (κ2) is 9.16. The molecule has 0 bridgehead atoms. The molecule has 2 N–H and O–H groups in total. The summed E-state index contributed by atoms with van der Waals surface area (Å²) in [5.41, 5.74) is 0.754. The van der Waals surface area contributed by atoms with Crippen LogP contribution in [-0.2, 0) is 11.2 Å². The van der Waals surface area contributed by atoms with E-state index in [-0.39, 0.29) is 23.9 Å². The summed E-state index contributed by atoms with van der Waals surface area (Å²) in [6.07, 6.45) is 5.81. The second-order valence-electron chi connectivity index (χ2n) is 5.46. The molecular formula is C17H25NO3. The average Bonchev–Trinajstić information content (AvgIpc) is 2.43. The summed E-state index contributed by atoms with van der Waals surface area (Å²) in [6.45, 7) is 4.16. The summed E-state index contributed by atoms with van der Waals surface area (Å²) in [5.74, 6) is -1.11. The van der Waals surface area contributed by atoms with E-state index >= 15 is 0 Å². The molecule has 1 aromatic carbocycles. The van der Waals surface area contributed by atoms with Crippen LogP contribution in [0.5, 0.6) is 0 Å². The highest BCUT2D eigenvalue weighted by atomic mass is 16.4. The lowest BCUT2D eigenvalue weighted by Crippen LogP contribution is -2.34. The van der Waals surface area contributed by atoms with Gasteiger partial charge in [0.25, 0.3) is 0 Å². The van der Waals surface area contributed by atoms with Gasteiger partial charge in [-0.2, -0.15) is 0 Å². The van der Waals surface area contributed by atoms with Crippen molar-refractivity contribution in [1.82, 2.24) is 5.32 Å². The van der Waals surface area contributed by atoms with Gasteiger partial charge >= 0.3 is 5.97 Å². The summed E-state index contributed by atoms with van der Waals surface area (Å²) >= 11 is 0. The van der Waals surface area contributed by atoms with Gasteiger partial charge in [0.1, 0.15) is 0 Å². The molecule has 21 heavy (non-hydrogen) atoms. The van der Waals surface area contributed by atoms with Crippen LogP contribution in [0.25, 0.3) is 0 Å². The normalized spacial score (nSPS) is 11.9. The van der Waals surface area contributed by atoms with Gasteiger partial charge in [-0.1, -0.05) is 50.8 Å². The Balaban J connectivity index is 2.45. The van der Waals surface area contributed by atoms with Gasteiger partial charge in [0.05, 0.1) is 12.0 Å². The number of carboxylic acid groups (broad SMARTS) is 1. The third-order valence-electron chi connectivity index (χ3n) is 3.50. The predicted molar refractivity (Wildman–Crippen MR) is 83.5 cm³/mol. The first-order valence-electron chi connectivity index (χ1n) is 7.65. The van der Waals surface area contributed by atoms with E-state index < -0.39 is 5.97 Å². The summed E-state index contributed by atoms with van der Waals surface area (Å²) in [6, 6.07) is 6.77. The Hall–Kier alpha value is -1.84. The molecule has 1 aromatic rings. The van der Waals surface area contributed by atoms with Gasteiger partial charge in [-0.05, 0) is 25.0 Å². The number of aromatic carboxylic acids is 1. The van der Waals surface area contributed by atoms with Crippen LogP contribution in [0, 0.1) is 0 Å². The topological polar surface area (TPSA) is 66.4 Å². The van der Waals surface area contributed by atoms with E-state index in [9.17, 15) is 9.59 Å². The molecule has 0 aromatic heterocycles.